The Morgan fingerprint density at radius 2 is 2.14 bits per heavy atom. The van der Waals surface area contributed by atoms with Gasteiger partial charge in [-0.25, -0.2) is 14.3 Å². The van der Waals surface area contributed by atoms with Crippen molar-refractivity contribution in [1.29, 1.82) is 0 Å². The summed E-state index contributed by atoms with van der Waals surface area (Å²) >= 11 is 0. The van der Waals surface area contributed by atoms with Crippen molar-refractivity contribution in [2.75, 3.05) is 11.9 Å². The molecule has 0 unspecified atom stereocenters. The van der Waals surface area contributed by atoms with Crippen LogP contribution in [0, 0.1) is 0 Å². The van der Waals surface area contributed by atoms with Crippen LogP contribution in [0.25, 0.3) is 0 Å². The van der Waals surface area contributed by atoms with Gasteiger partial charge in [0.15, 0.2) is 0 Å². The van der Waals surface area contributed by atoms with Crippen LogP contribution >= 0.6 is 0 Å². The number of carbonyl (C=O) groups excluding carboxylic acids is 2. The third kappa shape index (κ3) is 3.96. The number of hydrogen-bond donors (Lipinski definition) is 2. The quantitative estimate of drug-likeness (QED) is 0.671. The number of anilines is 1. The van der Waals surface area contributed by atoms with E-state index in [1.807, 2.05) is 44.2 Å². The van der Waals surface area contributed by atoms with E-state index in [1.54, 1.807) is 9.36 Å². The summed E-state index contributed by atoms with van der Waals surface area (Å²) in [5.74, 6) is -0.472. The van der Waals surface area contributed by atoms with E-state index in [9.17, 15) is 9.59 Å². The van der Waals surface area contributed by atoms with Crippen molar-refractivity contribution in [3.8, 4) is 5.88 Å². The Hall–Kier alpha value is -3.69. The fourth-order valence-electron chi connectivity index (χ4n) is 2.98. The van der Waals surface area contributed by atoms with Crippen molar-refractivity contribution in [2.24, 2.45) is 0 Å². The first kappa shape index (κ1) is 18.7. The van der Waals surface area contributed by atoms with Gasteiger partial charge in [0.1, 0.15) is 24.7 Å². The van der Waals surface area contributed by atoms with Crippen LogP contribution in [0.4, 0.5) is 5.69 Å². The van der Waals surface area contributed by atoms with Crippen molar-refractivity contribution in [3.63, 3.8) is 0 Å². The predicted octanol–water partition coefficient (Wildman–Crippen LogP) is 1.23. The van der Waals surface area contributed by atoms with Crippen molar-refractivity contribution >= 4 is 17.5 Å². The van der Waals surface area contributed by atoms with E-state index in [-0.39, 0.29) is 24.4 Å². The number of amides is 2. The van der Waals surface area contributed by atoms with Crippen LogP contribution in [0.15, 0.2) is 42.9 Å². The maximum atomic E-state index is 12.5. The second-order valence-corrected chi connectivity index (χ2v) is 6.98. The Morgan fingerprint density at radius 3 is 2.90 bits per heavy atom. The molecule has 4 rings (SSSR count). The number of fused-ring (bicyclic) bond motifs is 1. The molecule has 3 aromatic rings. The summed E-state index contributed by atoms with van der Waals surface area (Å²) in [5.41, 5.74) is 1.52. The van der Waals surface area contributed by atoms with Crippen LogP contribution in [0.3, 0.4) is 0 Å². The number of rotatable bonds is 5. The molecule has 2 aromatic heterocycles. The van der Waals surface area contributed by atoms with Crippen LogP contribution in [-0.4, -0.2) is 49.0 Å². The molecule has 1 aliphatic rings. The molecule has 0 aliphatic carbocycles. The summed E-state index contributed by atoms with van der Waals surface area (Å²) in [7, 11) is 0. The van der Waals surface area contributed by atoms with E-state index in [0.29, 0.717) is 18.1 Å². The number of nitrogens with one attached hydrogen (secondary N) is 2. The average Bonchev–Trinajstić information content (AvgIpc) is 3.29. The molecule has 1 aliphatic heterocycles. The van der Waals surface area contributed by atoms with Gasteiger partial charge in [-0.1, -0.05) is 30.3 Å². The van der Waals surface area contributed by atoms with E-state index in [4.69, 9.17) is 4.74 Å². The number of benzene rings is 1. The lowest BCUT2D eigenvalue weighted by Gasteiger charge is -2.15. The summed E-state index contributed by atoms with van der Waals surface area (Å²) in [6.07, 6.45) is 3.02. The standard InChI is InChI=1S/C19H21N7O3/c1-12(2)26-19-14(8-21-26)22-17(27)15(10-29-19)23-18(28)16-20-11-25(24-16)9-13-6-4-3-5-7-13/h3-8,11-12,15H,9-10H2,1-2H3,(H,22,27)(H,23,28)/t15-/m0/s1. The first-order valence-corrected chi connectivity index (χ1v) is 9.26. The van der Waals surface area contributed by atoms with E-state index < -0.39 is 11.9 Å². The topological polar surface area (TPSA) is 116 Å². The van der Waals surface area contributed by atoms with E-state index >= 15 is 0 Å². The van der Waals surface area contributed by atoms with Crippen LogP contribution in [-0.2, 0) is 11.3 Å². The molecule has 0 saturated carbocycles. The van der Waals surface area contributed by atoms with E-state index in [0.717, 1.165) is 5.56 Å². The first-order valence-electron chi connectivity index (χ1n) is 9.26. The second-order valence-electron chi connectivity index (χ2n) is 6.98. The monoisotopic (exact) mass is 395 g/mol. The van der Waals surface area contributed by atoms with Gasteiger partial charge in [-0.3, -0.25) is 9.59 Å². The molecule has 0 radical (unpaired) electrons. The third-order valence-electron chi connectivity index (χ3n) is 4.43. The number of carbonyl (C=O) groups is 2. The van der Waals surface area contributed by atoms with E-state index in [2.05, 4.69) is 25.8 Å². The maximum Gasteiger partial charge on any atom is 0.291 e. The van der Waals surface area contributed by atoms with Gasteiger partial charge in [0.05, 0.1) is 18.8 Å². The molecule has 2 N–H and O–H groups in total. The van der Waals surface area contributed by atoms with Crippen molar-refractivity contribution < 1.29 is 14.3 Å². The summed E-state index contributed by atoms with van der Waals surface area (Å²) in [4.78, 5) is 29.0. The molecular formula is C19H21N7O3. The summed E-state index contributed by atoms with van der Waals surface area (Å²) in [5, 5.41) is 13.8. The highest BCUT2D eigenvalue weighted by Crippen LogP contribution is 2.29. The van der Waals surface area contributed by atoms with E-state index in [1.165, 1.54) is 12.5 Å². The molecule has 0 bridgehead atoms. The van der Waals surface area contributed by atoms with Crippen molar-refractivity contribution in [2.45, 2.75) is 32.5 Å². The molecule has 1 aromatic carbocycles. The van der Waals surface area contributed by atoms with Gasteiger partial charge in [0, 0.05) is 0 Å². The minimum atomic E-state index is -0.878. The number of hydrogen-bond acceptors (Lipinski definition) is 6. The normalized spacial score (nSPS) is 16.0. The summed E-state index contributed by atoms with van der Waals surface area (Å²) < 4.78 is 8.98. The molecule has 1 atom stereocenters. The number of nitrogens with zero attached hydrogens (tertiary/aromatic N) is 5. The Kier molecular flexibility index (Phi) is 4.98. The molecule has 2 amide bonds. The lowest BCUT2D eigenvalue weighted by atomic mass is 10.2. The van der Waals surface area contributed by atoms with Gasteiger partial charge in [-0.05, 0) is 19.4 Å². The van der Waals surface area contributed by atoms with Crippen LogP contribution < -0.4 is 15.4 Å². The predicted molar refractivity (Wildman–Crippen MR) is 104 cm³/mol. The van der Waals surface area contributed by atoms with Crippen LogP contribution in [0.1, 0.15) is 36.1 Å². The van der Waals surface area contributed by atoms with Crippen molar-refractivity contribution in [3.05, 3.63) is 54.2 Å². The second kappa shape index (κ2) is 7.74. The van der Waals surface area contributed by atoms with Crippen LogP contribution in [0.5, 0.6) is 5.88 Å². The SMILES string of the molecule is CC(C)n1ncc2c1OC[C@H](NC(=O)c1ncn(Cc3ccccc3)n1)C(=O)N2. The van der Waals surface area contributed by atoms with Gasteiger partial charge in [0.25, 0.3) is 11.8 Å². The Balaban J connectivity index is 1.42. The Morgan fingerprint density at radius 1 is 1.34 bits per heavy atom. The zero-order chi connectivity index (χ0) is 20.4. The Bertz CT molecular complexity index is 1030. The van der Waals surface area contributed by atoms with Gasteiger partial charge in [-0.15, -0.1) is 5.10 Å². The largest absolute Gasteiger partial charge is 0.474 e. The Labute approximate surface area is 166 Å². The lowest BCUT2D eigenvalue weighted by molar-refractivity contribution is -0.118. The van der Waals surface area contributed by atoms with Crippen molar-refractivity contribution in [1.82, 2.24) is 29.9 Å². The first-order chi connectivity index (χ1) is 14.0. The fourth-order valence-corrected chi connectivity index (χ4v) is 2.98. The number of ether oxygens (including phenoxy) is 1. The minimum absolute atomic E-state index is 0.0103. The minimum Gasteiger partial charge on any atom is -0.474 e. The summed E-state index contributed by atoms with van der Waals surface area (Å²) in [6, 6.07) is 8.91. The molecule has 0 spiro atoms. The smallest absolute Gasteiger partial charge is 0.291 e. The van der Waals surface area contributed by atoms with Gasteiger partial charge in [-0.2, -0.15) is 5.10 Å². The number of aromatic nitrogens is 5. The molecule has 0 fully saturated rings. The molecule has 10 heteroatoms. The van der Waals surface area contributed by atoms with Gasteiger partial charge in [0.2, 0.25) is 11.7 Å². The zero-order valence-corrected chi connectivity index (χ0v) is 16.1. The third-order valence-corrected chi connectivity index (χ3v) is 4.43. The molecule has 3 heterocycles. The van der Waals surface area contributed by atoms with Crippen LogP contribution in [0.2, 0.25) is 0 Å². The molecule has 10 nitrogen and oxygen atoms in total. The highest BCUT2D eigenvalue weighted by atomic mass is 16.5. The van der Waals surface area contributed by atoms with Gasteiger partial charge < -0.3 is 15.4 Å². The molecular weight excluding hydrogens is 374 g/mol. The molecule has 150 valence electrons. The highest BCUT2D eigenvalue weighted by Gasteiger charge is 2.30. The zero-order valence-electron chi connectivity index (χ0n) is 16.1. The maximum absolute atomic E-state index is 12.5. The highest BCUT2D eigenvalue weighted by molar-refractivity contribution is 6.00. The fraction of sp³-hybridized carbons (Fsp3) is 0.316. The van der Waals surface area contributed by atoms with Gasteiger partial charge >= 0.3 is 0 Å². The lowest BCUT2D eigenvalue weighted by Crippen LogP contribution is -2.46. The molecule has 0 saturated heterocycles. The average molecular weight is 395 g/mol. The summed E-state index contributed by atoms with van der Waals surface area (Å²) in [6.45, 7) is 4.39. The molecule has 29 heavy (non-hydrogen) atoms.